The van der Waals surface area contributed by atoms with Gasteiger partial charge in [-0.1, -0.05) is 17.7 Å². The maximum absolute atomic E-state index is 12.5. The highest BCUT2D eigenvalue weighted by molar-refractivity contribution is 5.95. The van der Waals surface area contributed by atoms with Crippen LogP contribution in [0, 0.1) is 13.8 Å². The molecule has 5 heteroatoms. The fraction of sp³-hybridized carbons (Fsp3) is 0.333. The highest BCUT2D eigenvalue weighted by Gasteiger charge is 2.13. The van der Waals surface area contributed by atoms with E-state index in [1.165, 1.54) is 5.57 Å². The van der Waals surface area contributed by atoms with Crippen molar-refractivity contribution < 1.29 is 9.53 Å². The van der Waals surface area contributed by atoms with Gasteiger partial charge in [-0.3, -0.25) is 9.78 Å². The minimum atomic E-state index is -0.0468. The Labute approximate surface area is 154 Å². The molecule has 5 nitrogen and oxygen atoms in total. The highest BCUT2D eigenvalue weighted by Crippen LogP contribution is 2.25. The van der Waals surface area contributed by atoms with Crippen LogP contribution in [-0.4, -0.2) is 30.5 Å². The first-order chi connectivity index (χ1) is 12.6. The van der Waals surface area contributed by atoms with Crippen LogP contribution in [-0.2, 0) is 6.61 Å². The van der Waals surface area contributed by atoms with Crippen molar-refractivity contribution in [3.05, 3.63) is 70.6 Å². The van der Waals surface area contributed by atoms with Crippen LogP contribution in [0.4, 0.5) is 0 Å². The molecule has 136 valence electrons. The molecule has 0 spiro atoms. The normalized spacial score (nSPS) is 13.8. The number of hydrogen-bond acceptors (Lipinski definition) is 4. The van der Waals surface area contributed by atoms with Crippen LogP contribution in [0.15, 0.2) is 48.3 Å². The molecule has 1 aliphatic rings. The minimum Gasteiger partial charge on any atom is -0.488 e. The zero-order valence-corrected chi connectivity index (χ0v) is 15.3. The number of aromatic nitrogens is 1. The van der Waals surface area contributed by atoms with E-state index in [1.807, 2.05) is 38.1 Å². The summed E-state index contributed by atoms with van der Waals surface area (Å²) in [7, 11) is 0. The molecule has 0 saturated heterocycles. The molecule has 0 bridgehead atoms. The topological polar surface area (TPSA) is 63.2 Å². The molecule has 0 aliphatic carbocycles. The second kappa shape index (κ2) is 8.63. The van der Waals surface area contributed by atoms with E-state index in [-0.39, 0.29) is 5.91 Å². The minimum absolute atomic E-state index is 0.0468. The van der Waals surface area contributed by atoms with Crippen LogP contribution in [0.2, 0.25) is 0 Å². The molecular weight excluding hydrogens is 326 g/mol. The summed E-state index contributed by atoms with van der Waals surface area (Å²) in [6.07, 6.45) is 6.67. The quantitative estimate of drug-likeness (QED) is 0.786. The average Bonchev–Trinajstić information content (AvgIpc) is 2.67. The van der Waals surface area contributed by atoms with E-state index in [1.54, 1.807) is 12.4 Å². The maximum atomic E-state index is 12.5. The van der Waals surface area contributed by atoms with Crippen LogP contribution >= 0.6 is 0 Å². The molecule has 1 amide bonds. The van der Waals surface area contributed by atoms with Gasteiger partial charge in [-0.25, -0.2) is 0 Å². The average molecular weight is 351 g/mol. The molecule has 0 atom stereocenters. The molecule has 1 aliphatic heterocycles. The summed E-state index contributed by atoms with van der Waals surface area (Å²) in [6.45, 7) is 6.87. The Bertz CT molecular complexity index is 777. The molecule has 2 aromatic rings. The Kier molecular flexibility index (Phi) is 6.02. The summed E-state index contributed by atoms with van der Waals surface area (Å²) in [6, 6.07) is 7.65. The molecule has 26 heavy (non-hydrogen) atoms. The van der Waals surface area contributed by atoms with Crippen molar-refractivity contribution in [3.63, 3.8) is 0 Å². The van der Waals surface area contributed by atoms with Gasteiger partial charge >= 0.3 is 0 Å². The monoisotopic (exact) mass is 351 g/mol. The predicted molar refractivity (Wildman–Crippen MR) is 102 cm³/mol. The number of amides is 1. The Morgan fingerprint density at radius 2 is 2.12 bits per heavy atom. The third-order valence-electron chi connectivity index (χ3n) is 4.46. The van der Waals surface area contributed by atoms with Gasteiger partial charge in [0.1, 0.15) is 12.4 Å². The van der Waals surface area contributed by atoms with E-state index >= 15 is 0 Å². The fourth-order valence-electron chi connectivity index (χ4n) is 3.07. The Morgan fingerprint density at radius 3 is 2.77 bits per heavy atom. The summed E-state index contributed by atoms with van der Waals surface area (Å²) >= 11 is 0. The van der Waals surface area contributed by atoms with E-state index in [4.69, 9.17) is 4.74 Å². The van der Waals surface area contributed by atoms with E-state index < -0.39 is 0 Å². The van der Waals surface area contributed by atoms with Crippen molar-refractivity contribution >= 4 is 5.91 Å². The molecule has 0 saturated carbocycles. The number of nitrogens with one attached hydrogen (secondary N) is 2. The van der Waals surface area contributed by atoms with E-state index in [0.717, 1.165) is 42.0 Å². The lowest BCUT2D eigenvalue weighted by Gasteiger charge is -2.16. The van der Waals surface area contributed by atoms with E-state index in [2.05, 4.69) is 21.7 Å². The summed E-state index contributed by atoms with van der Waals surface area (Å²) in [5, 5.41) is 6.29. The van der Waals surface area contributed by atoms with Crippen molar-refractivity contribution in [1.82, 2.24) is 15.6 Å². The van der Waals surface area contributed by atoms with Crippen molar-refractivity contribution in [1.29, 1.82) is 0 Å². The Morgan fingerprint density at radius 1 is 1.31 bits per heavy atom. The molecule has 0 unspecified atom stereocenters. The number of hydrogen-bond donors (Lipinski definition) is 2. The van der Waals surface area contributed by atoms with Crippen molar-refractivity contribution in [2.75, 3.05) is 19.6 Å². The van der Waals surface area contributed by atoms with E-state index in [9.17, 15) is 4.79 Å². The highest BCUT2D eigenvalue weighted by atomic mass is 16.5. The van der Waals surface area contributed by atoms with Gasteiger partial charge in [-0.15, -0.1) is 0 Å². The second-order valence-corrected chi connectivity index (χ2v) is 6.59. The number of carbonyl (C=O) groups is 1. The molecule has 2 N–H and O–H groups in total. The zero-order chi connectivity index (χ0) is 18.4. The third kappa shape index (κ3) is 4.70. The van der Waals surface area contributed by atoms with Crippen LogP contribution in [0.5, 0.6) is 5.75 Å². The second-order valence-electron chi connectivity index (χ2n) is 6.59. The van der Waals surface area contributed by atoms with Gasteiger partial charge in [0.15, 0.2) is 0 Å². The number of rotatable bonds is 6. The number of aryl methyl sites for hydroxylation is 2. The molecular formula is C21H25N3O2. The lowest BCUT2D eigenvalue weighted by Crippen LogP contribution is -2.29. The van der Waals surface area contributed by atoms with Crippen LogP contribution < -0.4 is 15.4 Å². The molecule has 2 heterocycles. The van der Waals surface area contributed by atoms with Gasteiger partial charge in [0, 0.05) is 36.6 Å². The molecule has 0 fully saturated rings. The van der Waals surface area contributed by atoms with Gasteiger partial charge in [0.2, 0.25) is 0 Å². The van der Waals surface area contributed by atoms with Gasteiger partial charge in [-0.05, 0) is 56.1 Å². The van der Waals surface area contributed by atoms with Crippen molar-refractivity contribution in [2.45, 2.75) is 26.9 Å². The smallest absolute Gasteiger partial charge is 0.251 e. The zero-order valence-electron chi connectivity index (χ0n) is 15.3. The van der Waals surface area contributed by atoms with Gasteiger partial charge in [0.05, 0.1) is 0 Å². The first kappa shape index (κ1) is 18.1. The summed E-state index contributed by atoms with van der Waals surface area (Å²) in [5.41, 5.74) is 4.88. The Balaban J connectivity index is 1.64. The lowest BCUT2D eigenvalue weighted by atomic mass is 10.0. The molecule has 3 rings (SSSR count). The standard InChI is InChI=1S/C21H25N3O2/c1-15-10-19(21(25)24-13-17-5-8-22-9-6-17)11-16(2)20(15)26-14-18-4-3-7-23-12-18/h3-5,7,10-12,22H,6,8-9,13-14H2,1-2H3,(H,24,25). The van der Waals surface area contributed by atoms with Gasteiger partial charge in [0.25, 0.3) is 5.91 Å². The number of ether oxygens (including phenoxy) is 1. The summed E-state index contributed by atoms with van der Waals surface area (Å²) in [4.78, 5) is 16.6. The lowest BCUT2D eigenvalue weighted by molar-refractivity contribution is 0.0956. The predicted octanol–water partition coefficient (Wildman–Crippen LogP) is 2.93. The summed E-state index contributed by atoms with van der Waals surface area (Å²) < 4.78 is 5.96. The molecule has 0 radical (unpaired) electrons. The van der Waals surface area contributed by atoms with Crippen molar-refractivity contribution in [3.8, 4) is 5.75 Å². The van der Waals surface area contributed by atoms with Gasteiger partial charge < -0.3 is 15.4 Å². The van der Waals surface area contributed by atoms with Crippen LogP contribution in [0.3, 0.4) is 0 Å². The van der Waals surface area contributed by atoms with Crippen LogP contribution in [0.1, 0.15) is 33.5 Å². The Hall–Kier alpha value is -2.66. The number of pyridine rings is 1. The van der Waals surface area contributed by atoms with E-state index in [0.29, 0.717) is 18.7 Å². The fourth-order valence-corrected chi connectivity index (χ4v) is 3.07. The SMILES string of the molecule is Cc1cc(C(=O)NCC2=CCNCC2)cc(C)c1OCc1cccnc1. The number of carbonyl (C=O) groups excluding carboxylic acids is 1. The molecule has 1 aromatic heterocycles. The van der Waals surface area contributed by atoms with Crippen molar-refractivity contribution in [2.24, 2.45) is 0 Å². The van der Waals surface area contributed by atoms with Crippen LogP contribution in [0.25, 0.3) is 0 Å². The third-order valence-corrected chi connectivity index (χ3v) is 4.46. The number of nitrogens with zero attached hydrogens (tertiary/aromatic N) is 1. The van der Waals surface area contributed by atoms with Gasteiger partial charge in [-0.2, -0.15) is 0 Å². The first-order valence-corrected chi connectivity index (χ1v) is 8.93. The maximum Gasteiger partial charge on any atom is 0.251 e. The first-order valence-electron chi connectivity index (χ1n) is 8.93. The molecule has 1 aromatic carbocycles. The summed E-state index contributed by atoms with van der Waals surface area (Å²) in [5.74, 6) is 0.779. The number of benzene rings is 1. The largest absolute Gasteiger partial charge is 0.488 e.